The predicted molar refractivity (Wildman–Crippen MR) is 119 cm³/mol. The molecule has 0 fully saturated rings. The highest BCUT2D eigenvalue weighted by Gasteiger charge is 2.16. The number of rotatable bonds is 5. The maximum absolute atomic E-state index is 11.8. The van der Waals surface area contributed by atoms with Crippen LogP contribution in [-0.4, -0.2) is 52.6 Å². The normalized spacial score (nSPS) is 12.0. The van der Waals surface area contributed by atoms with Gasteiger partial charge in [-0.25, -0.2) is 9.79 Å². The van der Waals surface area contributed by atoms with Crippen LogP contribution in [0.1, 0.15) is 11.5 Å². The van der Waals surface area contributed by atoms with Gasteiger partial charge in [-0.2, -0.15) is 9.98 Å². The lowest BCUT2D eigenvalue weighted by atomic mass is 10.1. The lowest BCUT2D eigenvalue weighted by molar-refractivity contribution is 0.183. The van der Waals surface area contributed by atoms with Crippen LogP contribution in [-0.2, 0) is 4.74 Å². The Morgan fingerprint density at radius 1 is 1.16 bits per heavy atom. The monoisotopic (exact) mass is 440 g/mol. The van der Waals surface area contributed by atoms with Gasteiger partial charge in [0, 0.05) is 24.1 Å². The van der Waals surface area contributed by atoms with E-state index in [-0.39, 0.29) is 5.75 Å². The van der Waals surface area contributed by atoms with E-state index in [1.807, 2.05) is 0 Å². The number of thioether (sulfide) groups is 1. The summed E-state index contributed by atoms with van der Waals surface area (Å²) in [5, 5.41) is 14.3. The second-order valence-electron chi connectivity index (χ2n) is 6.16. The van der Waals surface area contributed by atoms with Gasteiger partial charge in [-0.3, -0.25) is 0 Å². The van der Waals surface area contributed by atoms with Gasteiger partial charge in [0.2, 0.25) is 11.7 Å². The topological polar surface area (TPSA) is 119 Å². The number of aromatic nitrogens is 2. The van der Waals surface area contributed by atoms with Gasteiger partial charge in [0.15, 0.2) is 0 Å². The van der Waals surface area contributed by atoms with Gasteiger partial charge in [-0.15, -0.1) is 11.8 Å². The third kappa shape index (κ3) is 5.48. The van der Waals surface area contributed by atoms with Crippen LogP contribution in [0.3, 0.4) is 0 Å². The summed E-state index contributed by atoms with van der Waals surface area (Å²) in [5.41, 5.74) is 2.25. The maximum Gasteiger partial charge on any atom is 0.434 e. The van der Waals surface area contributed by atoms with E-state index in [1.165, 1.54) is 38.1 Å². The molecule has 0 aliphatic carbocycles. The van der Waals surface area contributed by atoms with Crippen molar-refractivity contribution in [3.63, 3.8) is 0 Å². The van der Waals surface area contributed by atoms with Crippen LogP contribution in [0.2, 0.25) is 0 Å². The molecule has 0 spiro atoms. The van der Waals surface area contributed by atoms with Crippen LogP contribution in [0.25, 0.3) is 11.4 Å². The predicted octanol–water partition coefficient (Wildman–Crippen LogP) is 4.41. The summed E-state index contributed by atoms with van der Waals surface area (Å²) in [6.45, 7) is 1.72. The SMILES string of the molecule is COC(=O)/N=C(\SC)C(=Nc1ccc(-c2noc(C)n2)cc1)c1cc(O)cc(OC)c1. The molecule has 1 heterocycles. The molecule has 0 atom stereocenters. The average Bonchev–Trinajstić information content (AvgIpc) is 3.22. The van der Waals surface area contributed by atoms with Crippen molar-refractivity contribution in [2.75, 3.05) is 20.5 Å². The largest absolute Gasteiger partial charge is 0.508 e. The van der Waals surface area contributed by atoms with Crippen LogP contribution < -0.4 is 4.74 Å². The Morgan fingerprint density at radius 2 is 1.90 bits per heavy atom. The number of hydrogen-bond donors (Lipinski definition) is 1. The molecule has 0 radical (unpaired) electrons. The molecule has 1 amide bonds. The first-order chi connectivity index (χ1) is 14.9. The first-order valence-electron chi connectivity index (χ1n) is 9.02. The van der Waals surface area contributed by atoms with Crippen molar-refractivity contribution in [2.45, 2.75) is 6.92 Å². The highest BCUT2D eigenvalue weighted by Crippen LogP contribution is 2.26. The van der Waals surface area contributed by atoms with Crippen LogP contribution in [0.4, 0.5) is 10.5 Å². The highest BCUT2D eigenvalue weighted by molar-refractivity contribution is 8.15. The number of aromatic hydroxyl groups is 1. The van der Waals surface area contributed by atoms with E-state index in [4.69, 9.17) is 9.26 Å². The Labute approximate surface area is 182 Å². The minimum Gasteiger partial charge on any atom is -0.508 e. The summed E-state index contributed by atoms with van der Waals surface area (Å²) in [6, 6.07) is 11.8. The Balaban J connectivity index is 2.09. The molecule has 0 bridgehead atoms. The molecule has 1 N–H and O–H groups in total. The second-order valence-corrected chi connectivity index (χ2v) is 6.95. The zero-order chi connectivity index (χ0) is 22.4. The summed E-state index contributed by atoms with van der Waals surface area (Å²) < 4.78 is 14.9. The Bertz CT molecular complexity index is 1140. The van der Waals surface area contributed by atoms with Crippen molar-refractivity contribution in [1.29, 1.82) is 0 Å². The molecule has 31 heavy (non-hydrogen) atoms. The van der Waals surface area contributed by atoms with E-state index in [2.05, 4.69) is 24.9 Å². The van der Waals surface area contributed by atoms with Crippen molar-refractivity contribution >= 4 is 34.3 Å². The Hall–Kier alpha value is -3.66. The third-order valence-corrected chi connectivity index (χ3v) is 4.73. The van der Waals surface area contributed by atoms with E-state index in [0.29, 0.717) is 39.5 Å². The van der Waals surface area contributed by atoms with Gasteiger partial charge < -0.3 is 19.1 Å². The van der Waals surface area contributed by atoms with Crippen molar-refractivity contribution in [3.05, 3.63) is 53.9 Å². The van der Waals surface area contributed by atoms with Gasteiger partial charge in [-0.1, -0.05) is 5.16 Å². The number of ether oxygens (including phenoxy) is 2. The molecule has 10 heteroatoms. The van der Waals surface area contributed by atoms with E-state index in [9.17, 15) is 9.90 Å². The molecule has 1 aromatic heterocycles. The molecule has 9 nitrogen and oxygen atoms in total. The number of carbonyl (C=O) groups is 1. The first-order valence-corrected chi connectivity index (χ1v) is 10.2. The lowest BCUT2D eigenvalue weighted by Crippen LogP contribution is -2.14. The van der Waals surface area contributed by atoms with Crippen molar-refractivity contribution in [1.82, 2.24) is 10.1 Å². The Morgan fingerprint density at radius 3 is 2.48 bits per heavy atom. The van der Waals surface area contributed by atoms with Gasteiger partial charge >= 0.3 is 6.09 Å². The summed E-state index contributed by atoms with van der Waals surface area (Å²) in [7, 11) is 2.74. The third-order valence-electron chi connectivity index (χ3n) is 4.06. The number of phenols is 1. The Kier molecular flexibility index (Phi) is 7.03. The van der Waals surface area contributed by atoms with Crippen LogP contribution >= 0.6 is 11.8 Å². The van der Waals surface area contributed by atoms with Crippen molar-refractivity contribution in [2.24, 2.45) is 9.98 Å². The number of nitrogens with zero attached hydrogens (tertiary/aromatic N) is 4. The first kappa shape index (κ1) is 22.0. The lowest BCUT2D eigenvalue weighted by Gasteiger charge is -2.11. The maximum atomic E-state index is 11.8. The fourth-order valence-electron chi connectivity index (χ4n) is 2.63. The van der Waals surface area contributed by atoms with Crippen LogP contribution in [0, 0.1) is 6.92 Å². The standard InChI is InChI=1S/C21H20N4O5S/c1-12-22-19(25-30-12)13-5-7-15(8-6-13)23-18(20(31-4)24-21(27)29-3)14-9-16(26)11-17(10-14)28-2/h5-11,26H,1-4H3/b23-18?,24-20-. The highest BCUT2D eigenvalue weighted by atomic mass is 32.2. The fraction of sp³-hybridized carbons (Fsp3) is 0.190. The molecule has 2 aromatic carbocycles. The molecule has 3 aromatic rings. The summed E-state index contributed by atoms with van der Waals surface area (Å²) in [4.78, 5) is 24.6. The van der Waals surface area contributed by atoms with Gasteiger partial charge in [0.1, 0.15) is 22.3 Å². The number of aryl methyl sites for hydroxylation is 1. The van der Waals surface area contributed by atoms with Crippen LogP contribution in [0.15, 0.2) is 57.0 Å². The minimum absolute atomic E-state index is 0.0107. The molecular weight excluding hydrogens is 420 g/mol. The number of carbonyl (C=O) groups excluding carboxylic acids is 1. The zero-order valence-electron chi connectivity index (χ0n) is 17.3. The van der Waals surface area contributed by atoms with E-state index >= 15 is 0 Å². The zero-order valence-corrected chi connectivity index (χ0v) is 18.1. The van der Waals surface area contributed by atoms with E-state index < -0.39 is 6.09 Å². The number of aliphatic imine (C=N–C) groups is 2. The second kappa shape index (κ2) is 9.90. The molecule has 0 unspecified atom stereocenters. The molecule has 0 aliphatic rings. The molecule has 0 aliphatic heterocycles. The quantitative estimate of drug-likeness (QED) is 0.458. The summed E-state index contributed by atoms with van der Waals surface area (Å²) in [5.74, 6) is 1.37. The summed E-state index contributed by atoms with van der Waals surface area (Å²) in [6.07, 6.45) is 1.01. The van der Waals surface area contributed by atoms with Gasteiger partial charge in [0.05, 0.1) is 19.9 Å². The van der Waals surface area contributed by atoms with E-state index in [0.717, 1.165) is 5.56 Å². The van der Waals surface area contributed by atoms with Crippen molar-refractivity contribution < 1.29 is 23.9 Å². The molecule has 160 valence electrons. The number of benzene rings is 2. The number of amides is 1. The van der Waals surface area contributed by atoms with Crippen LogP contribution in [0.5, 0.6) is 11.5 Å². The summed E-state index contributed by atoms with van der Waals surface area (Å²) >= 11 is 1.22. The fourth-order valence-corrected chi connectivity index (χ4v) is 3.15. The molecule has 0 saturated carbocycles. The van der Waals surface area contributed by atoms with Gasteiger partial charge in [-0.05, 0) is 42.7 Å². The smallest absolute Gasteiger partial charge is 0.434 e. The minimum atomic E-state index is -0.757. The van der Waals surface area contributed by atoms with E-state index in [1.54, 1.807) is 43.5 Å². The van der Waals surface area contributed by atoms with Gasteiger partial charge in [0.25, 0.3) is 0 Å². The molecule has 0 saturated heterocycles. The molecular formula is C21H20N4O5S. The number of methoxy groups -OCH3 is 2. The average molecular weight is 440 g/mol. The number of hydrogen-bond acceptors (Lipinski definition) is 9. The van der Waals surface area contributed by atoms with Crippen molar-refractivity contribution in [3.8, 4) is 22.9 Å². The molecule has 3 rings (SSSR count). The number of phenolic OH excluding ortho intramolecular Hbond substituents is 1.